The molecule has 0 spiro atoms. The van der Waals surface area contributed by atoms with Crippen molar-refractivity contribution >= 4 is 29.5 Å². The molecule has 0 unspecified atom stereocenters. The number of fused-ring (bicyclic) bond motifs is 2. The van der Waals surface area contributed by atoms with Crippen molar-refractivity contribution in [1.82, 2.24) is 0 Å². The normalized spacial score (nSPS) is 30.4. The van der Waals surface area contributed by atoms with Crippen molar-refractivity contribution < 1.29 is 14.6 Å². The molecule has 0 aromatic rings. The van der Waals surface area contributed by atoms with Crippen LogP contribution in [0.2, 0.25) is 0 Å². The molecule has 2 bridgehead atoms. The smallest absolute Gasteiger partial charge is 0.303 e. The SMILES string of the molecule is O=C(O)CCCC=CC[C@@H]1[C@@H](CCSCCSC2CCCCC2)[C@@H]2CC[C@H]1O2. The van der Waals surface area contributed by atoms with E-state index in [1.807, 2.05) is 0 Å². The molecule has 1 saturated carbocycles. The standard InChI is InChI=1S/C23H38O3S2/c24-23(25)11-7-2-1-6-10-19-20(22-13-12-21(19)26-22)14-15-27-16-17-28-18-8-4-3-5-9-18/h1,6,18-22H,2-5,7-17H2,(H,24,25)/t19-,20-,21-,22+/m1/s1. The third-order valence-electron chi connectivity index (χ3n) is 6.66. The van der Waals surface area contributed by atoms with Gasteiger partial charge in [-0.3, -0.25) is 4.79 Å². The average molecular weight is 427 g/mol. The zero-order chi connectivity index (χ0) is 19.6. The van der Waals surface area contributed by atoms with E-state index < -0.39 is 5.97 Å². The fraction of sp³-hybridized carbons (Fsp3) is 0.870. The van der Waals surface area contributed by atoms with Crippen LogP contribution in [0.25, 0.3) is 0 Å². The zero-order valence-corrected chi connectivity index (χ0v) is 18.9. The molecule has 3 aliphatic rings. The fourth-order valence-electron chi connectivity index (χ4n) is 5.17. The van der Waals surface area contributed by atoms with Crippen LogP contribution in [0.5, 0.6) is 0 Å². The van der Waals surface area contributed by atoms with E-state index in [1.165, 1.54) is 68.6 Å². The summed E-state index contributed by atoms with van der Waals surface area (Å²) in [5, 5.41) is 9.65. The van der Waals surface area contributed by atoms with Gasteiger partial charge >= 0.3 is 5.97 Å². The number of unbranched alkanes of at least 4 members (excludes halogenated alkanes) is 1. The number of carboxylic acids is 1. The second kappa shape index (κ2) is 12.5. The molecule has 3 fully saturated rings. The number of rotatable bonds is 13. The Labute approximate surface area is 179 Å². The zero-order valence-electron chi connectivity index (χ0n) is 17.2. The van der Waals surface area contributed by atoms with Crippen LogP contribution in [-0.4, -0.2) is 45.8 Å². The first-order valence-electron chi connectivity index (χ1n) is 11.5. The van der Waals surface area contributed by atoms with E-state index in [-0.39, 0.29) is 6.42 Å². The van der Waals surface area contributed by atoms with Gasteiger partial charge in [0.15, 0.2) is 0 Å². The number of aliphatic carboxylic acids is 1. The first-order chi connectivity index (χ1) is 13.7. The Morgan fingerprint density at radius 3 is 2.54 bits per heavy atom. The van der Waals surface area contributed by atoms with Crippen LogP contribution in [0.15, 0.2) is 12.2 Å². The molecular formula is C23H38O3S2. The quantitative estimate of drug-likeness (QED) is 0.282. The highest BCUT2D eigenvalue weighted by atomic mass is 32.2. The van der Waals surface area contributed by atoms with Gasteiger partial charge in [0, 0.05) is 23.2 Å². The van der Waals surface area contributed by atoms with Crippen molar-refractivity contribution in [3.63, 3.8) is 0 Å². The Hall–Kier alpha value is -0.130. The molecule has 28 heavy (non-hydrogen) atoms. The molecule has 0 amide bonds. The van der Waals surface area contributed by atoms with E-state index in [4.69, 9.17) is 9.84 Å². The first kappa shape index (κ1) is 22.6. The van der Waals surface area contributed by atoms with Crippen LogP contribution >= 0.6 is 23.5 Å². The molecule has 0 aromatic heterocycles. The molecule has 2 aliphatic heterocycles. The molecular weight excluding hydrogens is 388 g/mol. The van der Waals surface area contributed by atoms with Crippen molar-refractivity contribution in [2.75, 3.05) is 17.3 Å². The van der Waals surface area contributed by atoms with Crippen LogP contribution in [-0.2, 0) is 9.53 Å². The number of thioether (sulfide) groups is 2. The molecule has 0 aromatic carbocycles. The lowest BCUT2D eigenvalue weighted by atomic mass is 9.76. The summed E-state index contributed by atoms with van der Waals surface area (Å²) >= 11 is 4.37. The number of carboxylic acid groups (broad SMARTS) is 1. The van der Waals surface area contributed by atoms with Crippen LogP contribution < -0.4 is 0 Å². The maximum absolute atomic E-state index is 10.6. The van der Waals surface area contributed by atoms with Gasteiger partial charge in [-0.2, -0.15) is 23.5 Å². The maximum Gasteiger partial charge on any atom is 0.303 e. The highest BCUT2D eigenvalue weighted by molar-refractivity contribution is 8.03. The van der Waals surface area contributed by atoms with Crippen molar-refractivity contribution in [3.05, 3.63) is 12.2 Å². The lowest BCUT2D eigenvalue weighted by Crippen LogP contribution is -2.27. The maximum atomic E-state index is 10.6. The number of allylic oxidation sites excluding steroid dienone is 2. The molecule has 0 radical (unpaired) electrons. The molecule has 2 heterocycles. The number of hydrogen-bond donors (Lipinski definition) is 1. The number of ether oxygens (including phenoxy) is 1. The summed E-state index contributed by atoms with van der Waals surface area (Å²) in [6.07, 6.45) is 19.5. The largest absolute Gasteiger partial charge is 0.481 e. The van der Waals surface area contributed by atoms with Crippen molar-refractivity contribution in [1.29, 1.82) is 0 Å². The van der Waals surface area contributed by atoms with Crippen LogP contribution in [0, 0.1) is 11.8 Å². The van der Waals surface area contributed by atoms with E-state index in [1.54, 1.807) is 0 Å². The predicted octanol–water partition coefficient (Wildman–Crippen LogP) is 6.17. The predicted molar refractivity (Wildman–Crippen MR) is 121 cm³/mol. The summed E-state index contributed by atoms with van der Waals surface area (Å²) in [6, 6.07) is 0. The Morgan fingerprint density at radius 2 is 1.75 bits per heavy atom. The second-order valence-corrected chi connectivity index (χ2v) is 11.3. The van der Waals surface area contributed by atoms with Crippen molar-refractivity contribution in [2.45, 2.75) is 94.5 Å². The van der Waals surface area contributed by atoms with Crippen molar-refractivity contribution in [3.8, 4) is 0 Å². The topological polar surface area (TPSA) is 46.5 Å². The summed E-state index contributed by atoms with van der Waals surface area (Å²) in [5.74, 6) is 4.64. The molecule has 3 rings (SSSR count). The van der Waals surface area contributed by atoms with Crippen LogP contribution in [0.4, 0.5) is 0 Å². The van der Waals surface area contributed by atoms with Gasteiger partial charge in [-0.1, -0.05) is 31.4 Å². The van der Waals surface area contributed by atoms with Gasteiger partial charge in [-0.25, -0.2) is 0 Å². The Morgan fingerprint density at radius 1 is 0.964 bits per heavy atom. The molecule has 160 valence electrons. The molecule has 1 N–H and O–H groups in total. The summed E-state index contributed by atoms with van der Waals surface area (Å²) in [7, 11) is 0. The lowest BCUT2D eigenvalue weighted by molar-refractivity contribution is -0.137. The second-order valence-electron chi connectivity index (χ2n) is 8.64. The molecule has 1 aliphatic carbocycles. The minimum absolute atomic E-state index is 0.278. The molecule has 2 saturated heterocycles. The van der Waals surface area contributed by atoms with E-state index in [2.05, 4.69) is 35.7 Å². The average Bonchev–Trinajstić information content (AvgIpc) is 3.30. The summed E-state index contributed by atoms with van der Waals surface area (Å²) < 4.78 is 6.24. The lowest BCUT2D eigenvalue weighted by Gasteiger charge is -2.27. The van der Waals surface area contributed by atoms with Gasteiger partial charge in [-0.05, 0) is 69.0 Å². The first-order valence-corrected chi connectivity index (χ1v) is 13.7. The van der Waals surface area contributed by atoms with Gasteiger partial charge in [0.2, 0.25) is 0 Å². The van der Waals surface area contributed by atoms with Gasteiger partial charge in [0.1, 0.15) is 0 Å². The van der Waals surface area contributed by atoms with E-state index in [9.17, 15) is 4.79 Å². The summed E-state index contributed by atoms with van der Waals surface area (Å²) in [6.45, 7) is 0. The van der Waals surface area contributed by atoms with Gasteiger partial charge in [0.25, 0.3) is 0 Å². The van der Waals surface area contributed by atoms with Gasteiger partial charge < -0.3 is 9.84 Å². The van der Waals surface area contributed by atoms with Gasteiger partial charge in [0.05, 0.1) is 12.2 Å². The molecule has 3 nitrogen and oxygen atoms in total. The monoisotopic (exact) mass is 426 g/mol. The summed E-state index contributed by atoms with van der Waals surface area (Å²) in [5.41, 5.74) is 0. The minimum Gasteiger partial charge on any atom is -0.481 e. The highest BCUT2D eigenvalue weighted by Crippen LogP contribution is 2.47. The van der Waals surface area contributed by atoms with Crippen LogP contribution in [0.3, 0.4) is 0 Å². The third-order valence-corrected chi connectivity index (χ3v) is 9.31. The Balaban J connectivity index is 1.28. The highest BCUT2D eigenvalue weighted by Gasteiger charge is 2.47. The number of carbonyl (C=O) groups is 1. The summed E-state index contributed by atoms with van der Waals surface area (Å²) in [4.78, 5) is 10.6. The van der Waals surface area contributed by atoms with E-state index in [0.29, 0.717) is 18.1 Å². The van der Waals surface area contributed by atoms with E-state index >= 15 is 0 Å². The minimum atomic E-state index is -0.690. The Kier molecular flexibility index (Phi) is 10.1. The third kappa shape index (κ3) is 7.28. The fourth-order valence-corrected chi connectivity index (χ4v) is 7.67. The molecule has 5 heteroatoms. The number of hydrogen-bond acceptors (Lipinski definition) is 4. The van der Waals surface area contributed by atoms with E-state index in [0.717, 1.165) is 30.4 Å². The van der Waals surface area contributed by atoms with Gasteiger partial charge in [-0.15, -0.1) is 0 Å². The van der Waals surface area contributed by atoms with Crippen molar-refractivity contribution in [2.24, 2.45) is 11.8 Å². The Bertz CT molecular complexity index is 490. The van der Waals surface area contributed by atoms with Crippen LogP contribution in [0.1, 0.15) is 77.0 Å². The molecule has 4 atom stereocenters.